The van der Waals surface area contributed by atoms with Gasteiger partial charge in [0.05, 0.1) is 4.90 Å². The van der Waals surface area contributed by atoms with Crippen molar-refractivity contribution < 1.29 is 8.42 Å². The van der Waals surface area contributed by atoms with E-state index < -0.39 is 15.6 Å². The first-order valence-electron chi connectivity index (χ1n) is 5.68. The van der Waals surface area contributed by atoms with E-state index in [2.05, 4.69) is 4.72 Å². The Hall–Kier alpha value is -0.780. The Morgan fingerprint density at radius 2 is 1.94 bits per heavy atom. The normalized spacial score (nSPS) is 12.7. The second-order valence-corrected chi connectivity index (χ2v) is 7.05. The molecule has 0 saturated carbocycles. The molecule has 102 valence electrons. The average Bonchev–Trinajstić information content (AvgIpc) is 2.21. The van der Waals surface area contributed by atoms with Crippen LogP contribution in [0.5, 0.6) is 0 Å². The second-order valence-electron chi connectivity index (χ2n) is 4.96. The molecule has 0 spiro atoms. The van der Waals surface area contributed by atoms with E-state index in [0.29, 0.717) is 22.7 Å². The third-order valence-electron chi connectivity index (χ3n) is 2.95. The highest BCUT2D eigenvalue weighted by Crippen LogP contribution is 2.27. The molecular weight excluding hydrogens is 272 g/mol. The van der Waals surface area contributed by atoms with Gasteiger partial charge in [-0.15, -0.1) is 0 Å². The van der Waals surface area contributed by atoms with Crippen LogP contribution < -0.4 is 10.5 Å². The topological polar surface area (TPSA) is 72.2 Å². The zero-order valence-corrected chi connectivity index (χ0v) is 12.6. The lowest BCUT2D eigenvalue weighted by molar-refractivity contribution is 0.439. The van der Waals surface area contributed by atoms with Crippen molar-refractivity contribution in [2.75, 3.05) is 5.73 Å². The van der Waals surface area contributed by atoms with Gasteiger partial charge in [0.2, 0.25) is 10.0 Å². The van der Waals surface area contributed by atoms with Crippen LogP contribution in [0.4, 0.5) is 5.69 Å². The van der Waals surface area contributed by atoms with Crippen LogP contribution in [-0.4, -0.2) is 14.0 Å². The molecule has 6 heteroatoms. The number of hydrogen-bond acceptors (Lipinski definition) is 3. The van der Waals surface area contributed by atoms with Crippen molar-refractivity contribution in [1.82, 2.24) is 4.72 Å². The van der Waals surface area contributed by atoms with E-state index in [-0.39, 0.29) is 4.90 Å². The van der Waals surface area contributed by atoms with E-state index in [4.69, 9.17) is 17.3 Å². The summed E-state index contributed by atoms with van der Waals surface area (Å²) in [5.74, 6) is 0. The number of benzene rings is 1. The Labute approximate surface area is 114 Å². The van der Waals surface area contributed by atoms with Gasteiger partial charge >= 0.3 is 0 Å². The van der Waals surface area contributed by atoms with E-state index in [9.17, 15) is 8.42 Å². The van der Waals surface area contributed by atoms with E-state index >= 15 is 0 Å². The highest BCUT2D eigenvalue weighted by atomic mass is 35.5. The Balaban J connectivity index is 3.30. The highest BCUT2D eigenvalue weighted by Gasteiger charge is 2.26. The average molecular weight is 291 g/mol. The van der Waals surface area contributed by atoms with Crippen LogP contribution >= 0.6 is 11.6 Å². The molecule has 0 unspecified atom stereocenters. The second kappa shape index (κ2) is 5.07. The molecule has 0 fully saturated rings. The molecule has 0 aliphatic heterocycles. The zero-order chi connectivity index (χ0) is 14.1. The summed E-state index contributed by atoms with van der Waals surface area (Å²) in [4.78, 5) is 0.133. The maximum atomic E-state index is 12.3. The molecule has 0 aromatic heterocycles. The van der Waals surface area contributed by atoms with E-state index in [0.717, 1.165) is 0 Å². The van der Waals surface area contributed by atoms with E-state index in [1.54, 1.807) is 13.0 Å². The Morgan fingerprint density at radius 3 is 2.44 bits per heavy atom. The summed E-state index contributed by atoms with van der Waals surface area (Å²) in [5, 5.41) is 0.313. The maximum Gasteiger partial charge on any atom is 0.241 e. The van der Waals surface area contributed by atoms with Gasteiger partial charge < -0.3 is 5.73 Å². The van der Waals surface area contributed by atoms with Gasteiger partial charge in [-0.05, 0) is 44.9 Å². The van der Waals surface area contributed by atoms with E-state index in [1.165, 1.54) is 6.07 Å². The minimum absolute atomic E-state index is 0.133. The Kier molecular flexibility index (Phi) is 4.30. The van der Waals surface area contributed by atoms with Crippen LogP contribution in [0.2, 0.25) is 5.02 Å². The predicted octanol–water partition coefficient (Wildman–Crippen LogP) is 2.70. The number of hydrogen-bond donors (Lipinski definition) is 2. The molecule has 1 aromatic rings. The zero-order valence-electron chi connectivity index (χ0n) is 11.0. The van der Waals surface area contributed by atoms with Gasteiger partial charge in [-0.3, -0.25) is 0 Å². The molecule has 0 amide bonds. The fraction of sp³-hybridized carbons (Fsp3) is 0.500. The lowest BCUT2D eigenvalue weighted by atomic mass is 10.0. The number of nitrogen functional groups attached to an aromatic ring is 1. The standard InChI is InChI=1S/C12H19ClN2O2S/c1-5-12(3,4)15-18(16,17)11-7-9(13)6-10(14)8(11)2/h6-7,15H,5,14H2,1-4H3. The van der Waals surface area contributed by atoms with Gasteiger partial charge in [0.1, 0.15) is 0 Å². The minimum atomic E-state index is -3.62. The summed E-state index contributed by atoms with van der Waals surface area (Å²) < 4.78 is 27.3. The number of nitrogens with one attached hydrogen (secondary N) is 1. The molecular formula is C12H19ClN2O2S. The summed E-state index contributed by atoms with van der Waals surface area (Å²) in [6.45, 7) is 7.24. The summed E-state index contributed by atoms with van der Waals surface area (Å²) in [7, 11) is -3.62. The number of rotatable bonds is 4. The minimum Gasteiger partial charge on any atom is -0.398 e. The SMILES string of the molecule is CCC(C)(C)NS(=O)(=O)c1cc(Cl)cc(N)c1C. The fourth-order valence-electron chi connectivity index (χ4n) is 1.44. The van der Waals surface area contributed by atoms with Crippen molar-refractivity contribution >= 4 is 27.3 Å². The number of nitrogens with two attached hydrogens (primary N) is 1. The van der Waals surface area contributed by atoms with Crippen LogP contribution in [0, 0.1) is 6.92 Å². The van der Waals surface area contributed by atoms with Crippen molar-refractivity contribution in [1.29, 1.82) is 0 Å². The Morgan fingerprint density at radius 1 is 1.39 bits per heavy atom. The first-order chi connectivity index (χ1) is 8.09. The summed E-state index contributed by atoms with van der Waals surface area (Å²) in [6.07, 6.45) is 0.682. The molecule has 1 rings (SSSR count). The van der Waals surface area contributed by atoms with Crippen molar-refractivity contribution in [2.24, 2.45) is 0 Å². The molecule has 1 aromatic carbocycles. The first kappa shape index (κ1) is 15.3. The van der Waals surface area contributed by atoms with Gasteiger partial charge in [-0.1, -0.05) is 18.5 Å². The molecule has 0 radical (unpaired) electrons. The number of halogens is 1. The van der Waals surface area contributed by atoms with Crippen LogP contribution in [0.3, 0.4) is 0 Å². The Bertz CT molecular complexity index is 553. The van der Waals surface area contributed by atoms with Crippen molar-refractivity contribution in [3.8, 4) is 0 Å². The quantitative estimate of drug-likeness (QED) is 0.838. The summed E-state index contributed by atoms with van der Waals surface area (Å²) in [6, 6.07) is 2.96. The van der Waals surface area contributed by atoms with Gasteiger partial charge in [-0.25, -0.2) is 13.1 Å². The van der Waals surface area contributed by atoms with Crippen molar-refractivity contribution in [2.45, 2.75) is 44.6 Å². The lowest BCUT2D eigenvalue weighted by Gasteiger charge is -2.25. The predicted molar refractivity (Wildman–Crippen MR) is 75.3 cm³/mol. The van der Waals surface area contributed by atoms with Crippen molar-refractivity contribution in [3.05, 3.63) is 22.7 Å². The molecule has 3 N–H and O–H groups in total. The highest BCUT2D eigenvalue weighted by molar-refractivity contribution is 7.89. The van der Waals surface area contributed by atoms with Crippen LogP contribution in [0.15, 0.2) is 17.0 Å². The van der Waals surface area contributed by atoms with Crippen LogP contribution in [0.25, 0.3) is 0 Å². The third kappa shape index (κ3) is 3.37. The molecule has 0 saturated heterocycles. The van der Waals surface area contributed by atoms with E-state index in [1.807, 2.05) is 20.8 Å². The fourth-order valence-corrected chi connectivity index (χ4v) is 3.52. The van der Waals surface area contributed by atoms with Gasteiger partial charge in [0.15, 0.2) is 0 Å². The molecule has 0 bridgehead atoms. The largest absolute Gasteiger partial charge is 0.398 e. The van der Waals surface area contributed by atoms with Crippen LogP contribution in [0.1, 0.15) is 32.8 Å². The first-order valence-corrected chi connectivity index (χ1v) is 7.55. The summed E-state index contributed by atoms with van der Waals surface area (Å²) in [5.41, 5.74) is 6.11. The molecule has 0 heterocycles. The monoisotopic (exact) mass is 290 g/mol. The van der Waals surface area contributed by atoms with Gasteiger partial charge in [0, 0.05) is 16.2 Å². The van der Waals surface area contributed by atoms with Crippen LogP contribution in [-0.2, 0) is 10.0 Å². The molecule has 0 aliphatic carbocycles. The number of sulfonamides is 1. The third-order valence-corrected chi connectivity index (χ3v) is 4.99. The smallest absolute Gasteiger partial charge is 0.241 e. The lowest BCUT2D eigenvalue weighted by Crippen LogP contribution is -2.42. The molecule has 0 atom stereocenters. The van der Waals surface area contributed by atoms with Gasteiger partial charge in [-0.2, -0.15) is 0 Å². The molecule has 4 nitrogen and oxygen atoms in total. The summed E-state index contributed by atoms with van der Waals surface area (Å²) >= 11 is 5.86. The van der Waals surface area contributed by atoms with Gasteiger partial charge in [0.25, 0.3) is 0 Å². The number of anilines is 1. The molecule has 18 heavy (non-hydrogen) atoms. The molecule has 0 aliphatic rings. The maximum absolute atomic E-state index is 12.3. The van der Waals surface area contributed by atoms with Crippen molar-refractivity contribution in [3.63, 3.8) is 0 Å².